The van der Waals surface area contributed by atoms with Gasteiger partial charge in [-0.25, -0.2) is 4.98 Å². The van der Waals surface area contributed by atoms with E-state index in [1.165, 1.54) is 0 Å². The minimum atomic E-state index is -0.291. The second-order valence-electron chi connectivity index (χ2n) is 6.50. The fourth-order valence-corrected chi connectivity index (χ4v) is 3.27. The lowest BCUT2D eigenvalue weighted by Gasteiger charge is -2.29. The third kappa shape index (κ3) is 3.34. The first kappa shape index (κ1) is 16.8. The summed E-state index contributed by atoms with van der Waals surface area (Å²) in [5, 5.41) is 6.18. The van der Waals surface area contributed by atoms with E-state index in [0.717, 1.165) is 22.3 Å². The van der Waals surface area contributed by atoms with Crippen LogP contribution < -0.4 is 10.6 Å². The standard InChI is InChI=1S/C20H22N4O2/c1-14-19(21-10-11-26-14)20(25)22-12-15-6-8-16(9-7-15)24-13-23-17-4-2-3-5-18(17)24/h2-9,13-14,19,21H,10-12H2,1H3,(H,22,25)/t14-,19+/m1/s1. The Bertz CT molecular complexity index is 904. The van der Waals surface area contributed by atoms with Crippen LogP contribution in [0.5, 0.6) is 0 Å². The molecule has 6 nitrogen and oxygen atoms in total. The van der Waals surface area contributed by atoms with E-state index in [2.05, 4.69) is 26.3 Å². The minimum absolute atomic E-state index is 0.0260. The van der Waals surface area contributed by atoms with Crippen LogP contribution in [0.3, 0.4) is 0 Å². The zero-order valence-corrected chi connectivity index (χ0v) is 14.7. The molecule has 3 aromatic rings. The molecule has 0 spiro atoms. The van der Waals surface area contributed by atoms with Crippen LogP contribution in [0.15, 0.2) is 54.9 Å². The zero-order valence-electron chi connectivity index (χ0n) is 14.7. The summed E-state index contributed by atoms with van der Waals surface area (Å²) >= 11 is 0. The minimum Gasteiger partial charge on any atom is -0.375 e. The molecule has 2 N–H and O–H groups in total. The van der Waals surface area contributed by atoms with E-state index in [4.69, 9.17) is 4.74 Å². The molecule has 1 amide bonds. The van der Waals surface area contributed by atoms with Crippen LogP contribution in [-0.4, -0.2) is 40.8 Å². The monoisotopic (exact) mass is 350 g/mol. The van der Waals surface area contributed by atoms with Gasteiger partial charge in [-0.15, -0.1) is 0 Å². The molecule has 0 bridgehead atoms. The number of fused-ring (bicyclic) bond motifs is 1. The number of hydrogen-bond donors (Lipinski definition) is 2. The summed E-state index contributed by atoms with van der Waals surface area (Å²) in [6, 6.07) is 15.9. The Morgan fingerprint density at radius 3 is 2.88 bits per heavy atom. The summed E-state index contributed by atoms with van der Waals surface area (Å²) in [5.74, 6) is -0.0260. The molecule has 4 rings (SSSR count). The molecule has 2 atom stereocenters. The smallest absolute Gasteiger partial charge is 0.240 e. The Kier molecular flexibility index (Phi) is 4.69. The zero-order chi connectivity index (χ0) is 17.9. The highest BCUT2D eigenvalue weighted by atomic mass is 16.5. The number of hydrogen-bond acceptors (Lipinski definition) is 4. The first-order valence-electron chi connectivity index (χ1n) is 8.86. The van der Waals surface area contributed by atoms with Gasteiger partial charge in [0, 0.05) is 18.8 Å². The second-order valence-corrected chi connectivity index (χ2v) is 6.50. The lowest BCUT2D eigenvalue weighted by Crippen LogP contribution is -2.55. The normalized spacial score (nSPS) is 20.2. The summed E-state index contributed by atoms with van der Waals surface area (Å²) in [6.45, 7) is 3.76. The predicted octanol–water partition coefficient (Wildman–Crippen LogP) is 2.02. The molecule has 0 aliphatic carbocycles. The fraction of sp³-hybridized carbons (Fsp3) is 0.300. The molecule has 1 fully saturated rings. The number of benzene rings is 2. The second kappa shape index (κ2) is 7.27. The third-order valence-corrected chi connectivity index (χ3v) is 4.73. The van der Waals surface area contributed by atoms with Crippen molar-refractivity contribution in [3.05, 3.63) is 60.4 Å². The Balaban J connectivity index is 1.42. The van der Waals surface area contributed by atoms with Crippen LogP contribution in [0.2, 0.25) is 0 Å². The van der Waals surface area contributed by atoms with E-state index in [-0.39, 0.29) is 18.1 Å². The Hall–Kier alpha value is -2.70. The van der Waals surface area contributed by atoms with Crippen LogP contribution in [-0.2, 0) is 16.1 Å². The largest absolute Gasteiger partial charge is 0.375 e. The number of nitrogens with one attached hydrogen (secondary N) is 2. The lowest BCUT2D eigenvalue weighted by molar-refractivity contribution is -0.129. The van der Waals surface area contributed by atoms with Gasteiger partial charge in [0.05, 0.1) is 23.7 Å². The van der Waals surface area contributed by atoms with Gasteiger partial charge >= 0.3 is 0 Å². The number of aromatic nitrogens is 2. The van der Waals surface area contributed by atoms with Crippen molar-refractivity contribution in [3.63, 3.8) is 0 Å². The maximum Gasteiger partial charge on any atom is 0.240 e. The highest BCUT2D eigenvalue weighted by Crippen LogP contribution is 2.18. The predicted molar refractivity (Wildman–Crippen MR) is 100 cm³/mol. The Morgan fingerprint density at radius 1 is 1.27 bits per heavy atom. The third-order valence-electron chi connectivity index (χ3n) is 4.73. The molecule has 6 heteroatoms. The molecule has 0 radical (unpaired) electrons. The number of carbonyl (C=O) groups excluding carboxylic acids is 1. The average Bonchev–Trinajstić information content (AvgIpc) is 3.11. The number of morpholine rings is 1. The van der Waals surface area contributed by atoms with Gasteiger partial charge in [-0.05, 0) is 36.8 Å². The quantitative estimate of drug-likeness (QED) is 0.755. The van der Waals surface area contributed by atoms with Gasteiger partial charge in [-0.2, -0.15) is 0 Å². The van der Waals surface area contributed by atoms with Gasteiger partial charge in [0.25, 0.3) is 0 Å². The van der Waals surface area contributed by atoms with Gasteiger partial charge in [0.2, 0.25) is 5.91 Å². The number of imidazole rings is 1. The summed E-state index contributed by atoms with van der Waals surface area (Å²) in [7, 11) is 0. The molecule has 134 valence electrons. The Labute approximate surface area is 152 Å². The number of para-hydroxylation sites is 2. The SMILES string of the molecule is C[C@H]1OCCN[C@@H]1C(=O)NCc1ccc(-n2cnc3ccccc32)cc1. The molecule has 1 saturated heterocycles. The van der Waals surface area contributed by atoms with Crippen molar-refractivity contribution in [2.75, 3.05) is 13.2 Å². The van der Waals surface area contributed by atoms with Gasteiger partial charge in [-0.3, -0.25) is 9.36 Å². The van der Waals surface area contributed by atoms with Crippen molar-refractivity contribution >= 4 is 16.9 Å². The van der Waals surface area contributed by atoms with Crippen LogP contribution in [0.25, 0.3) is 16.7 Å². The van der Waals surface area contributed by atoms with Crippen molar-refractivity contribution in [1.29, 1.82) is 0 Å². The lowest BCUT2D eigenvalue weighted by atomic mass is 10.1. The first-order valence-corrected chi connectivity index (χ1v) is 8.86. The number of rotatable bonds is 4. The van der Waals surface area contributed by atoms with Gasteiger partial charge < -0.3 is 15.4 Å². The molecule has 2 heterocycles. The number of ether oxygens (including phenoxy) is 1. The summed E-state index contributed by atoms with van der Waals surface area (Å²) < 4.78 is 7.58. The highest BCUT2D eigenvalue weighted by molar-refractivity contribution is 5.82. The topological polar surface area (TPSA) is 68.2 Å². The number of amides is 1. The average molecular weight is 350 g/mol. The molecule has 2 aromatic carbocycles. The van der Waals surface area contributed by atoms with Crippen LogP contribution in [0, 0.1) is 0 Å². The molecule has 1 aliphatic heterocycles. The molecule has 0 saturated carbocycles. The molecule has 1 aromatic heterocycles. The van der Waals surface area contributed by atoms with Crippen LogP contribution >= 0.6 is 0 Å². The first-order chi connectivity index (χ1) is 12.7. The summed E-state index contributed by atoms with van der Waals surface area (Å²) in [5.41, 5.74) is 4.15. The molecule has 1 aliphatic rings. The molecule has 0 unspecified atom stereocenters. The fourth-order valence-electron chi connectivity index (χ4n) is 3.27. The molecule has 26 heavy (non-hydrogen) atoms. The van der Waals surface area contributed by atoms with Crippen molar-refractivity contribution in [2.24, 2.45) is 0 Å². The van der Waals surface area contributed by atoms with E-state index in [9.17, 15) is 4.79 Å². The van der Waals surface area contributed by atoms with E-state index in [1.54, 1.807) is 0 Å². The molecular formula is C20H22N4O2. The van der Waals surface area contributed by atoms with Crippen molar-refractivity contribution in [2.45, 2.75) is 25.6 Å². The van der Waals surface area contributed by atoms with E-state index in [1.807, 2.05) is 55.7 Å². The number of carbonyl (C=O) groups is 1. The highest BCUT2D eigenvalue weighted by Gasteiger charge is 2.27. The van der Waals surface area contributed by atoms with E-state index < -0.39 is 0 Å². The maximum absolute atomic E-state index is 12.3. The summed E-state index contributed by atoms with van der Waals surface area (Å²) in [4.78, 5) is 16.7. The van der Waals surface area contributed by atoms with Gasteiger partial charge in [-0.1, -0.05) is 24.3 Å². The Morgan fingerprint density at radius 2 is 2.08 bits per heavy atom. The van der Waals surface area contributed by atoms with Crippen molar-refractivity contribution in [3.8, 4) is 5.69 Å². The van der Waals surface area contributed by atoms with E-state index >= 15 is 0 Å². The van der Waals surface area contributed by atoms with Gasteiger partial charge in [0.1, 0.15) is 12.4 Å². The maximum atomic E-state index is 12.3. The van der Waals surface area contributed by atoms with Crippen molar-refractivity contribution < 1.29 is 9.53 Å². The van der Waals surface area contributed by atoms with E-state index in [0.29, 0.717) is 19.7 Å². The van der Waals surface area contributed by atoms with Crippen LogP contribution in [0.1, 0.15) is 12.5 Å². The molecular weight excluding hydrogens is 328 g/mol. The van der Waals surface area contributed by atoms with Crippen molar-refractivity contribution in [1.82, 2.24) is 20.2 Å². The van der Waals surface area contributed by atoms with Gasteiger partial charge in [0.15, 0.2) is 0 Å². The summed E-state index contributed by atoms with van der Waals surface area (Å²) in [6.07, 6.45) is 1.72. The van der Waals surface area contributed by atoms with Crippen LogP contribution in [0.4, 0.5) is 0 Å². The number of nitrogens with zero attached hydrogens (tertiary/aromatic N) is 2.